The molecule has 172 valence electrons. The SMILES string of the molecule is O=C(NS(=O)(=O)CCN1C(=O)c2ccccc2C1=O)C1CC(=O)N(C2CCS(=O)(=O)C2)C1. The Morgan fingerprint density at radius 3 is 2.28 bits per heavy atom. The first-order valence-electron chi connectivity index (χ1n) is 9.97. The zero-order chi connectivity index (χ0) is 23.3. The number of rotatable bonds is 6. The van der Waals surface area contributed by atoms with Crippen molar-refractivity contribution in [2.24, 2.45) is 5.92 Å². The summed E-state index contributed by atoms with van der Waals surface area (Å²) < 4.78 is 50.0. The summed E-state index contributed by atoms with van der Waals surface area (Å²) in [6.45, 7) is -0.483. The van der Waals surface area contributed by atoms with Gasteiger partial charge in [0.2, 0.25) is 21.8 Å². The number of fused-ring (bicyclic) bond motifs is 1. The molecular weight excluding hydrogens is 462 g/mol. The zero-order valence-corrected chi connectivity index (χ0v) is 18.5. The highest BCUT2D eigenvalue weighted by atomic mass is 32.2. The molecule has 1 aromatic carbocycles. The zero-order valence-electron chi connectivity index (χ0n) is 16.9. The molecule has 4 rings (SSSR count). The Bertz CT molecular complexity index is 1190. The maximum absolute atomic E-state index is 12.5. The van der Waals surface area contributed by atoms with Crippen molar-refractivity contribution in [3.63, 3.8) is 0 Å². The second kappa shape index (κ2) is 7.96. The smallest absolute Gasteiger partial charge is 0.261 e. The minimum atomic E-state index is -4.18. The lowest BCUT2D eigenvalue weighted by atomic mass is 10.1. The van der Waals surface area contributed by atoms with Crippen LogP contribution in [0.15, 0.2) is 24.3 Å². The Hall–Kier alpha value is -2.80. The second-order valence-corrected chi connectivity index (χ2v) is 12.2. The normalized spacial score (nSPS) is 24.8. The summed E-state index contributed by atoms with van der Waals surface area (Å²) >= 11 is 0. The maximum Gasteiger partial charge on any atom is 0.261 e. The van der Waals surface area contributed by atoms with Gasteiger partial charge in [-0.15, -0.1) is 0 Å². The highest BCUT2D eigenvalue weighted by Crippen LogP contribution is 2.26. The van der Waals surface area contributed by atoms with Gasteiger partial charge in [0, 0.05) is 25.6 Å². The van der Waals surface area contributed by atoms with Gasteiger partial charge in [-0.3, -0.25) is 28.8 Å². The first kappa shape index (κ1) is 22.4. The average molecular weight is 484 g/mol. The van der Waals surface area contributed by atoms with Crippen LogP contribution in [0.25, 0.3) is 0 Å². The summed E-state index contributed by atoms with van der Waals surface area (Å²) in [4.78, 5) is 51.5. The molecule has 0 radical (unpaired) electrons. The molecular formula is C19H21N3O8S2. The van der Waals surface area contributed by atoms with Crippen LogP contribution in [0, 0.1) is 5.92 Å². The Kier molecular flexibility index (Phi) is 5.57. The Balaban J connectivity index is 1.34. The molecule has 1 aromatic rings. The number of imide groups is 1. The van der Waals surface area contributed by atoms with Gasteiger partial charge >= 0.3 is 0 Å². The summed E-state index contributed by atoms with van der Waals surface area (Å²) in [5.41, 5.74) is 0.384. The molecule has 0 spiro atoms. The number of hydrogen-bond acceptors (Lipinski definition) is 8. The summed E-state index contributed by atoms with van der Waals surface area (Å²) in [5.74, 6) is -4.25. The fraction of sp³-hybridized carbons (Fsp3) is 0.474. The molecule has 4 amide bonds. The number of carbonyl (C=O) groups is 4. The molecule has 11 nitrogen and oxygen atoms in total. The van der Waals surface area contributed by atoms with Crippen molar-refractivity contribution in [3.05, 3.63) is 35.4 Å². The third-order valence-electron chi connectivity index (χ3n) is 5.90. The molecule has 2 unspecified atom stereocenters. The summed E-state index contributed by atoms with van der Waals surface area (Å²) in [7, 11) is -7.40. The number of sulfone groups is 1. The van der Waals surface area contributed by atoms with Crippen molar-refractivity contribution in [1.82, 2.24) is 14.5 Å². The van der Waals surface area contributed by atoms with Gasteiger partial charge in [-0.1, -0.05) is 12.1 Å². The molecule has 32 heavy (non-hydrogen) atoms. The van der Waals surface area contributed by atoms with Crippen LogP contribution in [-0.2, 0) is 29.4 Å². The monoisotopic (exact) mass is 483 g/mol. The van der Waals surface area contributed by atoms with Crippen molar-refractivity contribution in [1.29, 1.82) is 0 Å². The number of benzene rings is 1. The molecule has 3 aliphatic rings. The number of nitrogens with zero attached hydrogens (tertiary/aromatic N) is 2. The second-order valence-electron chi connectivity index (χ2n) is 8.10. The molecule has 2 saturated heterocycles. The molecule has 1 N–H and O–H groups in total. The first-order valence-corrected chi connectivity index (χ1v) is 13.4. The van der Waals surface area contributed by atoms with Crippen LogP contribution in [0.3, 0.4) is 0 Å². The van der Waals surface area contributed by atoms with E-state index in [1.165, 1.54) is 17.0 Å². The van der Waals surface area contributed by atoms with E-state index in [-0.39, 0.29) is 35.6 Å². The van der Waals surface area contributed by atoms with E-state index in [4.69, 9.17) is 0 Å². The van der Waals surface area contributed by atoms with Crippen LogP contribution in [0.4, 0.5) is 0 Å². The van der Waals surface area contributed by atoms with Crippen molar-refractivity contribution in [2.45, 2.75) is 18.9 Å². The van der Waals surface area contributed by atoms with Crippen LogP contribution in [-0.4, -0.2) is 86.7 Å². The largest absolute Gasteiger partial charge is 0.338 e. The van der Waals surface area contributed by atoms with Crippen LogP contribution < -0.4 is 4.72 Å². The molecule has 3 aliphatic heterocycles. The summed E-state index contributed by atoms with van der Waals surface area (Å²) in [6, 6.07) is 5.64. The van der Waals surface area contributed by atoms with E-state index in [2.05, 4.69) is 0 Å². The van der Waals surface area contributed by atoms with Gasteiger partial charge in [0.15, 0.2) is 9.84 Å². The third kappa shape index (κ3) is 4.26. The van der Waals surface area contributed by atoms with Crippen molar-refractivity contribution in [3.8, 4) is 0 Å². The molecule has 2 atom stereocenters. The number of sulfonamides is 1. The molecule has 13 heteroatoms. The molecule has 0 aromatic heterocycles. The van der Waals surface area contributed by atoms with Gasteiger partial charge in [-0.25, -0.2) is 16.8 Å². The lowest BCUT2D eigenvalue weighted by molar-refractivity contribution is -0.129. The van der Waals surface area contributed by atoms with Crippen LogP contribution >= 0.6 is 0 Å². The first-order chi connectivity index (χ1) is 15.0. The molecule has 2 fully saturated rings. The Morgan fingerprint density at radius 2 is 1.72 bits per heavy atom. The van der Waals surface area contributed by atoms with Crippen LogP contribution in [0.5, 0.6) is 0 Å². The van der Waals surface area contributed by atoms with E-state index in [1.54, 1.807) is 12.1 Å². The quantitative estimate of drug-likeness (QED) is 0.493. The van der Waals surface area contributed by atoms with Gasteiger partial charge in [-0.2, -0.15) is 0 Å². The van der Waals surface area contributed by atoms with Gasteiger partial charge in [0.05, 0.1) is 34.3 Å². The predicted octanol–water partition coefficient (Wildman–Crippen LogP) is -1.24. The summed E-state index contributed by atoms with van der Waals surface area (Å²) in [6.07, 6.45) is 0.0807. The summed E-state index contributed by atoms with van der Waals surface area (Å²) in [5, 5.41) is 0. The predicted molar refractivity (Wildman–Crippen MR) is 111 cm³/mol. The number of hydrogen-bond donors (Lipinski definition) is 1. The third-order valence-corrected chi connectivity index (χ3v) is 8.88. The van der Waals surface area contributed by atoms with Gasteiger partial charge in [-0.05, 0) is 18.6 Å². The van der Waals surface area contributed by atoms with E-state index >= 15 is 0 Å². The van der Waals surface area contributed by atoms with E-state index in [1.807, 2.05) is 4.72 Å². The average Bonchev–Trinajstić information content (AvgIpc) is 3.35. The van der Waals surface area contributed by atoms with Gasteiger partial charge in [0.1, 0.15) is 0 Å². The van der Waals surface area contributed by atoms with E-state index in [9.17, 15) is 36.0 Å². The van der Waals surface area contributed by atoms with Gasteiger partial charge < -0.3 is 4.90 Å². The Labute approximate surface area is 184 Å². The standard InChI is InChI=1S/C19H21N3O8S2/c23-16-9-12(10-22(16)13-5-7-31(27,28)11-13)17(24)20-32(29,30)8-6-21-18(25)14-3-1-2-4-15(14)19(21)26/h1-4,12-13H,5-11H2,(H,20,24). The van der Waals surface area contributed by atoms with Gasteiger partial charge in [0.25, 0.3) is 11.8 Å². The van der Waals surface area contributed by atoms with Crippen molar-refractivity contribution >= 4 is 43.5 Å². The molecule has 0 aliphatic carbocycles. The molecule has 0 bridgehead atoms. The number of carbonyl (C=O) groups excluding carboxylic acids is 4. The van der Waals surface area contributed by atoms with Crippen molar-refractivity contribution in [2.75, 3.05) is 30.3 Å². The lowest BCUT2D eigenvalue weighted by Gasteiger charge is -2.23. The molecule has 0 saturated carbocycles. The van der Waals surface area contributed by atoms with E-state index < -0.39 is 67.7 Å². The van der Waals surface area contributed by atoms with Crippen LogP contribution in [0.2, 0.25) is 0 Å². The fourth-order valence-corrected chi connectivity index (χ4v) is 6.95. The van der Waals surface area contributed by atoms with Crippen LogP contribution in [0.1, 0.15) is 33.6 Å². The Morgan fingerprint density at radius 1 is 1.09 bits per heavy atom. The van der Waals surface area contributed by atoms with Crippen molar-refractivity contribution < 1.29 is 36.0 Å². The highest BCUT2D eigenvalue weighted by Gasteiger charge is 2.43. The number of nitrogens with one attached hydrogen (secondary N) is 1. The fourth-order valence-electron chi connectivity index (χ4n) is 4.22. The minimum Gasteiger partial charge on any atom is -0.338 e. The minimum absolute atomic E-state index is 0.0233. The number of amides is 4. The van der Waals surface area contributed by atoms with E-state index in [0.29, 0.717) is 6.42 Å². The van der Waals surface area contributed by atoms with E-state index in [0.717, 1.165) is 4.90 Å². The maximum atomic E-state index is 12.5. The number of likely N-dealkylation sites (tertiary alicyclic amines) is 1. The molecule has 3 heterocycles. The highest BCUT2D eigenvalue weighted by molar-refractivity contribution is 7.91. The topological polar surface area (TPSA) is 155 Å². The lowest BCUT2D eigenvalue weighted by Crippen LogP contribution is -2.42.